The van der Waals surface area contributed by atoms with Crippen molar-refractivity contribution in [1.82, 2.24) is 19.2 Å². The summed E-state index contributed by atoms with van der Waals surface area (Å²) < 4.78 is 9.77. The van der Waals surface area contributed by atoms with Crippen LogP contribution in [0.15, 0.2) is 71.5 Å². The molecule has 0 unspecified atom stereocenters. The summed E-state index contributed by atoms with van der Waals surface area (Å²) in [7, 11) is 0. The van der Waals surface area contributed by atoms with E-state index in [-0.39, 0.29) is 11.4 Å². The van der Waals surface area contributed by atoms with E-state index in [1.165, 1.54) is 11.4 Å². The molecule has 1 amide bonds. The van der Waals surface area contributed by atoms with Crippen molar-refractivity contribution in [3.8, 4) is 5.69 Å². The number of hydrogen-bond donors (Lipinski definition) is 1. The van der Waals surface area contributed by atoms with Crippen LogP contribution in [0, 0.1) is 0 Å². The number of fused-ring (bicyclic) bond motifs is 4. The molecule has 32 heavy (non-hydrogen) atoms. The van der Waals surface area contributed by atoms with Gasteiger partial charge in [0.1, 0.15) is 5.76 Å². The SMILES string of the molecule is O=C(c1ccc(Cn2cc(Cl)cn2)o1)N1CCC2(CC1)Nc1ccccc1-n1cccc12. The van der Waals surface area contributed by atoms with E-state index in [2.05, 4.69) is 57.6 Å². The zero-order valence-corrected chi connectivity index (χ0v) is 18.1. The first-order valence-electron chi connectivity index (χ1n) is 10.7. The molecule has 6 rings (SSSR count). The minimum Gasteiger partial charge on any atom is -0.454 e. The molecule has 0 atom stereocenters. The number of benzene rings is 1. The highest BCUT2D eigenvalue weighted by Crippen LogP contribution is 2.43. The molecule has 0 aliphatic carbocycles. The maximum atomic E-state index is 13.1. The van der Waals surface area contributed by atoms with Gasteiger partial charge in [0.2, 0.25) is 0 Å². The molecule has 162 valence electrons. The number of nitrogens with one attached hydrogen (secondary N) is 1. The highest BCUT2D eigenvalue weighted by atomic mass is 35.5. The Kier molecular flexibility index (Phi) is 4.40. The molecular formula is C24H22ClN5O2. The maximum Gasteiger partial charge on any atom is 0.289 e. The molecule has 4 aromatic rings. The molecule has 0 bridgehead atoms. The van der Waals surface area contributed by atoms with Crippen molar-refractivity contribution in [1.29, 1.82) is 0 Å². The molecule has 0 saturated carbocycles. The summed E-state index contributed by atoms with van der Waals surface area (Å²) in [5, 5.41) is 8.51. The van der Waals surface area contributed by atoms with E-state index in [0.29, 0.717) is 36.2 Å². The zero-order valence-electron chi connectivity index (χ0n) is 17.4. The minimum absolute atomic E-state index is 0.0730. The van der Waals surface area contributed by atoms with Gasteiger partial charge in [0, 0.05) is 31.2 Å². The van der Waals surface area contributed by atoms with Crippen LogP contribution in [0.3, 0.4) is 0 Å². The fourth-order valence-electron chi connectivity index (χ4n) is 4.88. The Balaban J connectivity index is 1.18. The minimum atomic E-state index is -0.178. The smallest absolute Gasteiger partial charge is 0.289 e. The molecule has 1 N–H and O–H groups in total. The van der Waals surface area contributed by atoms with Gasteiger partial charge in [-0.1, -0.05) is 23.7 Å². The number of halogens is 1. The van der Waals surface area contributed by atoms with E-state index in [9.17, 15) is 4.79 Å². The topological polar surface area (TPSA) is 68.2 Å². The molecule has 2 aliphatic rings. The second kappa shape index (κ2) is 7.31. The predicted molar refractivity (Wildman–Crippen MR) is 121 cm³/mol. The Labute approximate surface area is 190 Å². The third-order valence-corrected chi connectivity index (χ3v) is 6.67. The predicted octanol–water partition coefficient (Wildman–Crippen LogP) is 4.53. The number of anilines is 1. The zero-order chi connectivity index (χ0) is 21.7. The number of likely N-dealkylation sites (tertiary alicyclic amines) is 1. The normalized spacial score (nSPS) is 16.5. The van der Waals surface area contributed by atoms with Crippen LogP contribution in [-0.2, 0) is 12.1 Å². The summed E-state index contributed by atoms with van der Waals surface area (Å²) >= 11 is 5.92. The molecule has 5 heterocycles. The van der Waals surface area contributed by atoms with Gasteiger partial charge in [0.25, 0.3) is 5.91 Å². The van der Waals surface area contributed by atoms with Crippen molar-refractivity contribution in [2.45, 2.75) is 24.9 Å². The van der Waals surface area contributed by atoms with Crippen molar-refractivity contribution in [3.05, 3.63) is 89.4 Å². The quantitative estimate of drug-likeness (QED) is 0.501. The van der Waals surface area contributed by atoms with E-state index in [1.807, 2.05) is 11.0 Å². The summed E-state index contributed by atoms with van der Waals surface area (Å²) in [5.74, 6) is 0.959. The lowest BCUT2D eigenvalue weighted by molar-refractivity contribution is 0.0642. The van der Waals surface area contributed by atoms with Crippen molar-refractivity contribution in [3.63, 3.8) is 0 Å². The molecule has 7 nitrogen and oxygen atoms in total. The molecule has 2 aliphatic heterocycles. The first-order chi connectivity index (χ1) is 15.6. The van der Waals surface area contributed by atoms with Gasteiger partial charge in [-0.25, -0.2) is 0 Å². The van der Waals surface area contributed by atoms with Crippen molar-refractivity contribution < 1.29 is 9.21 Å². The lowest BCUT2D eigenvalue weighted by Gasteiger charge is -2.46. The fourth-order valence-corrected chi connectivity index (χ4v) is 5.04. The molecule has 0 radical (unpaired) electrons. The highest BCUT2D eigenvalue weighted by molar-refractivity contribution is 6.30. The number of piperidine rings is 1. The largest absolute Gasteiger partial charge is 0.454 e. The number of hydrogen-bond acceptors (Lipinski definition) is 4. The monoisotopic (exact) mass is 447 g/mol. The van der Waals surface area contributed by atoms with Crippen LogP contribution in [0.25, 0.3) is 5.69 Å². The van der Waals surface area contributed by atoms with Gasteiger partial charge in [-0.3, -0.25) is 9.48 Å². The van der Waals surface area contributed by atoms with Gasteiger partial charge in [0.15, 0.2) is 5.76 Å². The fraction of sp³-hybridized carbons (Fsp3) is 0.250. The Morgan fingerprint density at radius 2 is 1.97 bits per heavy atom. The van der Waals surface area contributed by atoms with Gasteiger partial charge in [-0.2, -0.15) is 5.10 Å². The number of carbonyl (C=O) groups excluding carboxylic acids is 1. The average Bonchev–Trinajstić information content (AvgIpc) is 3.56. The van der Waals surface area contributed by atoms with E-state index >= 15 is 0 Å². The lowest BCUT2D eigenvalue weighted by Crippen LogP contribution is -2.51. The van der Waals surface area contributed by atoms with Crippen LogP contribution in [0.2, 0.25) is 5.02 Å². The van der Waals surface area contributed by atoms with E-state index in [1.54, 1.807) is 23.1 Å². The standard InChI is InChI=1S/C24H22ClN5O2/c25-17-14-26-29(15-17)16-18-7-8-21(32-18)23(31)28-12-9-24(10-13-28)22-6-3-11-30(22)20-5-2-1-4-19(20)27-24/h1-8,11,14-15,27H,9-10,12-13,16H2. The van der Waals surface area contributed by atoms with Crippen LogP contribution < -0.4 is 5.32 Å². The second-order valence-corrected chi connectivity index (χ2v) is 8.84. The lowest BCUT2D eigenvalue weighted by atomic mass is 9.82. The molecule has 8 heteroatoms. The van der Waals surface area contributed by atoms with Crippen LogP contribution in [0.5, 0.6) is 0 Å². The van der Waals surface area contributed by atoms with Crippen LogP contribution in [0.4, 0.5) is 5.69 Å². The van der Waals surface area contributed by atoms with Gasteiger partial charge in [-0.05, 0) is 49.2 Å². The van der Waals surface area contributed by atoms with Gasteiger partial charge < -0.3 is 19.2 Å². The first-order valence-corrected chi connectivity index (χ1v) is 11.1. The third kappa shape index (κ3) is 3.12. The van der Waals surface area contributed by atoms with E-state index < -0.39 is 0 Å². The number of furan rings is 1. The Hall–Kier alpha value is -3.45. The Morgan fingerprint density at radius 1 is 1.12 bits per heavy atom. The van der Waals surface area contributed by atoms with Crippen LogP contribution in [-0.4, -0.2) is 38.2 Å². The summed E-state index contributed by atoms with van der Waals surface area (Å²) in [6.07, 6.45) is 7.08. The number of nitrogens with zero attached hydrogens (tertiary/aromatic N) is 4. The Bertz CT molecular complexity index is 1290. The number of para-hydroxylation sites is 2. The van der Waals surface area contributed by atoms with Gasteiger partial charge >= 0.3 is 0 Å². The van der Waals surface area contributed by atoms with Gasteiger partial charge in [0.05, 0.1) is 34.7 Å². The third-order valence-electron chi connectivity index (χ3n) is 6.47. The van der Waals surface area contributed by atoms with E-state index in [0.717, 1.165) is 18.5 Å². The molecule has 1 spiro atoms. The van der Waals surface area contributed by atoms with Crippen molar-refractivity contribution in [2.24, 2.45) is 0 Å². The molecule has 1 fully saturated rings. The first kappa shape index (κ1) is 19.3. The van der Waals surface area contributed by atoms with Crippen molar-refractivity contribution >= 4 is 23.2 Å². The maximum absolute atomic E-state index is 13.1. The Morgan fingerprint density at radius 3 is 2.78 bits per heavy atom. The molecule has 1 saturated heterocycles. The molecule has 1 aromatic carbocycles. The van der Waals surface area contributed by atoms with E-state index in [4.69, 9.17) is 16.0 Å². The number of carbonyl (C=O) groups is 1. The number of aromatic nitrogens is 3. The van der Waals surface area contributed by atoms with Crippen LogP contribution in [0.1, 0.15) is 34.9 Å². The summed E-state index contributed by atoms with van der Waals surface area (Å²) in [5.41, 5.74) is 3.37. The molecule has 3 aromatic heterocycles. The van der Waals surface area contributed by atoms with Crippen molar-refractivity contribution in [2.75, 3.05) is 18.4 Å². The number of amides is 1. The molecular weight excluding hydrogens is 426 g/mol. The average molecular weight is 448 g/mol. The van der Waals surface area contributed by atoms with Gasteiger partial charge in [-0.15, -0.1) is 0 Å². The summed E-state index contributed by atoms with van der Waals surface area (Å²) in [4.78, 5) is 15.0. The highest BCUT2D eigenvalue weighted by Gasteiger charge is 2.42. The summed E-state index contributed by atoms with van der Waals surface area (Å²) in [6.45, 7) is 1.75. The second-order valence-electron chi connectivity index (χ2n) is 8.40. The summed E-state index contributed by atoms with van der Waals surface area (Å²) in [6, 6.07) is 16.2. The van der Waals surface area contributed by atoms with Crippen LogP contribution >= 0.6 is 11.6 Å². The number of rotatable bonds is 3.